The van der Waals surface area contributed by atoms with Crippen molar-refractivity contribution in [3.05, 3.63) is 35.4 Å². The Bertz CT molecular complexity index is 433. The summed E-state index contributed by atoms with van der Waals surface area (Å²) in [4.78, 5) is 2.29. The normalized spacial score (nSPS) is 22.8. The molecular formula is C14H19F3N2S. The number of halogens is 3. The predicted molar refractivity (Wildman–Crippen MR) is 76.7 cm³/mol. The van der Waals surface area contributed by atoms with E-state index in [9.17, 15) is 13.2 Å². The highest BCUT2D eigenvalue weighted by Gasteiger charge is 2.31. The Balaban J connectivity index is 2.19. The molecule has 0 amide bonds. The SMILES string of the molecule is CC1CSCCN1C(CN)c1ccc(C(F)(F)F)cc1. The number of benzene rings is 1. The molecule has 0 aliphatic carbocycles. The van der Waals surface area contributed by atoms with Gasteiger partial charge in [-0.25, -0.2) is 0 Å². The summed E-state index contributed by atoms with van der Waals surface area (Å²) in [7, 11) is 0. The van der Waals surface area contributed by atoms with Crippen LogP contribution in [-0.2, 0) is 6.18 Å². The van der Waals surface area contributed by atoms with E-state index in [1.54, 1.807) is 12.1 Å². The van der Waals surface area contributed by atoms with Crippen molar-refractivity contribution in [1.82, 2.24) is 4.90 Å². The molecule has 1 saturated heterocycles. The van der Waals surface area contributed by atoms with Gasteiger partial charge in [0.25, 0.3) is 0 Å². The summed E-state index contributed by atoms with van der Waals surface area (Å²) in [5.74, 6) is 2.08. The van der Waals surface area contributed by atoms with Crippen LogP contribution >= 0.6 is 11.8 Å². The van der Waals surface area contributed by atoms with E-state index >= 15 is 0 Å². The van der Waals surface area contributed by atoms with Crippen molar-refractivity contribution >= 4 is 11.8 Å². The van der Waals surface area contributed by atoms with Crippen molar-refractivity contribution in [2.24, 2.45) is 5.73 Å². The van der Waals surface area contributed by atoms with Gasteiger partial charge in [0.15, 0.2) is 0 Å². The van der Waals surface area contributed by atoms with E-state index in [2.05, 4.69) is 11.8 Å². The Morgan fingerprint density at radius 1 is 1.35 bits per heavy atom. The molecule has 20 heavy (non-hydrogen) atoms. The smallest absolute Gasteiger partial charge is 0.329 e. The maximum absolute atomic E-state index is 12.6. The van der Waals surface area contributed by atoms with Gasteiger partial charge in [-0.3, -0.25) is 4.90 Å². The van der Waals surface area contributed by atoms with Gasteiger partial charge in [0.2, 0.25) is 0 Å². The maximum atomic E-state index is 12.6. The molecule has 112 valence electrons. The van der Waals surface area contributed by atoms with Crippen LogP contribution in [0.2, 0.25) is 0 Å². The topological polar surface area (TPSA) is 29.3 Å². The monoisotopic (exact) mass is 304 g/mol. The number of hydrogen-bond donors (Lipinski definition) is 1. The zero-order valence-electron chi connectivity index (χ0n) is 11.4. The van der Waals surface area contributed by atoms with Crippen LogP contribution in [0.1, 0.15) is 24.1 Å². The van der Waals surface area contributed by atoms with Gasteiger partial charge in [-0.05, 0) is 24.6 Å². The lowest BCUT2D eigenvalue weighted by atomic mass is 10.0. The zero-order valence-corrected chi connectivity index (χ0v) is 12.2. The third-order valence-electron chi connectivity index (χ3n) is 3.67. The fourth-order valence-electron chi connectivity index (χ4n) is 2.56. The quantitative estimate of drug-likeness (QED) is 0.930. The number of nitrogens with zero attached hydrogens (tertiary/aromatic N) is 1. The van der Waals surface area contributed by atoms with E-state index in [1.807, 2.05) is 11.8 Å². The van der Waals surface area contributed by atoms with Crippen LogP contribution in [0.5, 0.6) is 0 Å². The third kappa shape index (κ3) is 3.48. The average Bonchev–Trinajstić information content (AvgIpc) is 2.41. The van der Waals surface area contributed by atoms with Crippen LogP contribution in [0.25, 0.3) is 0 Å². The lowest BCUT2D eigenvalue weighted by Crippen LogP contribution is -2.45. The van der Waals surface area contributed by atoms with E-state index in [1.165, 1.54) is 0 Å². The van der Waals surface area contributed by atoms with Gasteiger partial charge in [0, 0.05) is 36.7 Å². The molecule has 0 spiro atoms. The molecule has 0 radical (unpaired) electrons. The second-order valence-corrected chi connectivity index (χ2v) is 6.18. The van der Waals surface area contributed by atoms with E-state index < -0.39 is 11.7 Å². The molecule has 1 aliphatic rings. The van der Waals surface area contributed by atoms with E-state index in [0.717, 1.165) is 35.7 Å². The standard InChI is InChI=1S/C14H19F3N2S/c1-10-9-20-7-6-19(10)13(8-18)11-2-4-12(5-3-11)14(15,16)17/h2-5,10,13H,6-9,18H2,1H3. The first kappa shape index (κ1) is 15.7. The van der Waals surface area contributed by atoms with Crippen molar-refractivity contribution in [3.8, 4) is 0 Å². The van der Waals surface area contributed by atoms with Crippen LogP contribution in [0.4, 0.5) is 13.2 Å². The highest BCUT2D eigenvalue weighted by molar-refractivity contribution is 7.99. The van der Waals surface area contributed by atoms with Crippen molar-refractivity contribution in [2.45, 2.75) is 25.2 Å². The number of thioether (sulfide) groups is 1. The average molecular weight is 304 g/mol. The van der Waals surface area contributed by atoms with Crippen molar-refractivity contribution in [1.29, 1.82) is 0 Å². The molecule has 0 bridgehead atoms. The molecule has 2 nitrogen and oxygen atoms in total. The molecule has 0 saturated carbocycles. The molecule has 1 aromatic carbocycles. The van der Waals surface area contributed by atoms with Gasteiger partial charge in [-0.2, -0.15) is 24.9 Å². The summed E-state index contributed by atoms with van der Waals surface area (Å²) < 4.78 is 37.7. The molecule has 2 N–H and O–H groups in total. The fourth-order valence-corrected chi connectivity index (χ4v) is 3.60. The van der Waals surface area contributed by atoms with Crippen LogP contribution in [0.15, 0.2) is 24.3 Å². The number of hydrogen-bond acceptors (Lipinski definition) is 3. The van der Waals surface area contributed by atoms with Gasteiger partial charge in [0.05, 0.1) is 5.56 Å². The lowest BCUT2D eigenvalue weighted by Gasteiger charge is -2.39. The molecule has 2 rings (SSSR count). The minimum Gasteiger partial charge on any atom is -0.329 e. The molecule has 2 unspecified atom stereocenters. The second-order valence-electron chi connectivity index (χ2n) is 5.03. The summed E-state index contributed by atoms with van der Waals surface area (Å²) in [6.45, 7) is 3.48. The molecule has 6 heteroatoms. The highest BCUT2D eigenvalue weighted by atomic mass is 32.2. The van der Waals surface area contributed by atoms with Crippen molar-refractivity contribution in [3.63, 3.8) is 0 Å². The van der Waals surface area contributed by atoms with Crippen LogP contribution < -0.4 is 5.73 Å². The Kier molecular flexibility index (Phi) is 4.99. The minimum absolute atomic E-state index is 0.00631. The molecule has 1 fully saturated rings. The predicted octanol–water partition coefficient (Wildman–Crippen LogP) is 3.14. The zero-order chi connectivity index (χ0) is 14.8. The van der Waals surface area contributed by atoms with Gasteiger partial charge >= 0.3 is 6.18 Å². The Hall–Kier alpha value is -0.720. The lowest BCUT2D eigenvalue weighted by molar-refractivity contribution is -0.137. The minimum atomic E-state index is -4.29. The summed E-state index contributed by atoms with van der Waals surface area (Å²) in [5, 5.41) is 0. The van der Waals surface area contributed by atoms with Crippen molar-refractivity contribution < 1.29 is 13.2 Å². The van der Waals surface area contributed by atoms with Crippen molar-refractivity contribution in [2.75, 3.05) is 24.6 Å². The summed E-state index contributed by atoms with van der Waals surface area (Å²) >= 11 is 1.90. The highest BCUT2D eigenvalue weighted by Crippen LogP contribution is 2.32. The first-order valence-corrected chi connectivity index (χ1v) is 7.79. The maximum Gasteiger partial charge on any atom is 0.416 e. The number of nitrogens with two attached hydrogens (primary N) is 1. The third-order valence-corrected chi connectivity index (χ3v) is 4.85. The van der Waals surface area contributed by atoms with Gasteiger partial charge < -0.3 is 5.73 Å². The molecular weight excluding hydrogens is 285 g/mol. The van der Waals surface area contributed by atoms with Gasteiger partial charge in [0.1, 0.15) is 0 Å². The summed E-state index contributed by atoms with van der Waals surface area (Å²) in [5.41, 5.74) is 6.10. The molecule has 2 atom stereocenters. The van der Waals surface area contributed by atoms with Crippen LogP contribution in [0, 0.1) is 0 Å². The van der Waals surface area contributed by atoms with Crippen LogP contribution in [0.3, 0.4) is 0 Å². The van der Waals surface area contributed by atoms with Crippen LogP contribution in [-0.4, -0.2) is 35.5 Å². The molecule has 0 aromatic heterocycles. The first-order valence-electron chi connectivity index (χ1n) is 6.64. The fraction of sp³-hybridized carbons (Fsp3) is 0.571. The van der Waals surface area contributed by atoms with Gasteiger partial charge in [-0.15, -0.1) is 0 Å². The number of alkyl halides is 3. The number of rotatable bonds is 3. The summed E-state index contributed by atoms with van der Waals surface area (Å²) in [6.07, 6.45) is -4.29. The molecule has 1 aliphatic heterocycles. The van der Waals surface area contributed by atoms with E-state index in [0.29, 0.717) is 12.6 Å². The Labute approximate surface area is 121 Å². The Morgan fingerprint density at radius 3 is 2.50 bits per heavy atom. The van der Waals surface area contributed by atoms with E-state index in [4.69, 9.17) is 5.73 Å². The molecule has 1 aromatic rings. The van der Waals surface area contributed by atoms with Gasteiger partial charge in [-0.1, -0.05) is 12.1 Å². The van der Waals surface area contributed by atoms with E-state index in [-0.39, 0.29) is 6.04 Å². The summed E-state index contributed by atoms with van der Waals surface area (Å²) in [6, 6.07) is 5.77. The largest absolute Gasteiger partial charge is 0.416 e. The first-order chi connectivity index (χ1) is 9.43. The second kappa shape index (κ2) is 6.37. The molecule has 1 heterocycles. The Morgan fingerprint density at radius 2 is 2.00 bits per heavy atom.